The van der Waals surface area contributed by atoms with E-state index < -0.39 is 0 Å². The lowest BCUT2D eigenvalue weighted by atomic mass is 10.2. The second kappa shape index (κ2) is 15.6. The summed E-state index contributed by atoms with van der Waals surface area (Å²) in [4.78, 5) is 16.2. The van der Waals surface area contributed by atoms with Gasteiger partial charge in [0.2, 0.25) is 0 Å². The van der Waals surface area contributed by atoms with Crippen LogP contribution in [0, 0.1) is 0 Å². The Morgan fingerprint density at radius 1 is 0.538 bits per heavy atom. The third kappa shape index (κ3) is 7.79. The Labute approximate surface area is 157 Å². The summed E-state index contributed by atoms with van der Waals surface area (Å²) in [7, 11) is 0. The molecule has 138 valence electrons. The second-order valence-corrected chi connectivity index (χ2v) is 4.13. The summed E-state index contributed by atoms with van der Waals surface area (Å²) >= 11 is 0. The van der Waals surface area contributed by atoms with Gasteiger partial charge in [-0.2, -0.15) is 0 Å². The zero-order valence-corrected chi connectivity index (χ0v) is 16.7. The smallest absolute Gasteiger partial charge is 0.116 e. The molecule has 0 atom stereocenters. The van der Waals surface area contributed by atoms with Gasteiger partial charge in [-0.05, 0) is 18.2 Å². The zero-order valence-electron chi connectivity index (χ0n) is 16.7. The molecule has 0 unspecified atom stereocenters. The molecular formula is C22H30N4. The fraction of sp³-hybridized carbons (Fsp3) is 0.273. The van der Waals surface area contributed by atoms with Crippen LogP contribution in [0.5, 0.6) is 0 Å². The van der Waals surface area contributed by atoms with Crippen LogP contribution in [0.15, 0.2) is 73.4 Å². The van der Waals surface area contributed by atoms with Crippen LogP contribution in [0.2, 0.25) is 0 Å². The van der Waals surface area contributed by atoms with Crippen LogP contribution < -0.4 is 0 Å². The number of hydrogen-bond donors (Lipinski definition) is 0. The van der Waals surface area contributed by atoms with E-state index in [1.54, 1.807) is 18.7 Å². The molecule has 2 aromatic carbocycles. The Kier molecular flexibility index (Phi) is 13.9. The highest BCUT2D eigenvalue weighted by Crippen LogP contribution is 2.06. The van der Waals surface area contributed by atoms with Crippen molar-refractivity contribution in [1.82, 2.24) is 19.9 Å². The molecule has 0 fully saturated rings. The Balaban J connectivity index is 0.000000375. The average molecular weight is 351 g/mol. The van der Waals surface area contributed by atoms with Crippen molar-refractivity contribution < 1.29 is 0 Å². The first kappa shape index (κ1) is 23.1. The maximum absolute atomic E-state index is 4.12. The zero-order chi connectivity index (χ0) is 19.6. The molecule has 26 heavy (non-hydrogen) atoms. The van der Waals surface area contributed by atoms with Gasteiger partial charge in [-0.3, -0.25) is 9.97 Å². The van der Waals surface area contributed by atoms with Crippen molar-refractivity contribution in [3.05, 3.63) is 73.4 Å². The molecule has 4 nitrogen and oxygen atoms in total. The topological polar surface area (TPSA) is 51.6 Å². The van der Waals surface area contributed by atoms with E-state index in [1.807, 2.05) is 96.3 Å². The fourth-order valence-corrected chi connectivity index (χ4v) is 1.83. The maximum atomic E-state index is 4.12. The van der Waals surface area contributed by atoms with Crippen molar-refractivity contribution in [3.8, 4) is 0 Å². The van der Waals surface area contributed by atoms with Gasteiger partial charge in [0, 0.05) is 24.0 Å². The molecule has 2 aromatic heterocycles. The van der Waals surface area contributed by atoms with E-state index in [0.29, 0.717) is 0 Å². The largest absolute Gasteiger partial charge is 0.253 e. The minimum atomic E-state index is 0.949. The minimum Gasteiger partial charge on any atom is -0.253 e. The van der Waals surface area contributed by atoms with Gasteiger partial charge in [0.25, 0.3) is 0 Å². The molecule has 4 heteroatoms. The van der Waals surface area contributed by atoms with Crippen LogP contribution in [0.4, 0.5) is 0 Å². The summed E-state index contributed by atoms with van der Waals surface area (Å²) in [5, 5.41) is 1.09. The maximum Gasteiger partial charge on any atom is 0.116 e. The van der Waals surface area contributed by atoms with Crippen LogP contribution in [-0.2, 0) is 0 Å². The summed E-state index contributed by atoms with van der Waals surface area (Å²) in [6.07, 6.45) is 6.76. The Morgan fingerprint density at radius 3 is 1.50 bits per heavy atom. The van der Waals surface area contributed by atoms with Crippen LogP contribution in [0.1, 0.15) is 41.5 Å². The summed E-state index contributed by atoms with van der Waals surface area (Å²) in [6.45, 7) is 12.0. The monoisotopic (exact) mass is 350 g/mol. The van der Waals surface area contributed by atoms with Crippen LogP contribution in [0.25, 0.3) is 21.9 Å². The van der Waals surface area contributed by atoms with Crippen molar-refractivity contribution in [3.63, 3.8) is 0 Å². The molecule has 4 aromatic rings. The number of rotatable bonds is 0. The molecule has 0 aliphatic heterocycles. The summed E-state index contributed by atoms with van der Waals surface area (Å²) in [5.41, 5.74) is 2.90. The molecule has 0 spiro atoms. The molecular weight excluding hydrogens is 320 g/mol. The minimum absolute atomic E-state index is 0.949. The van der Waals surface area contributed by atoms with Gasteiger partial charge in [0.1, 0.15) is 6.33 Å². The number of benzene rings is 2. The molecule has 0 saturated carbocycles. The molecule has 0 amide bonds. The fourth-order valence-electron chi connectivity index (χ4n) is 1.83. The van der Waals surface area contributed by atoms with E-state index in [4.69, 9.17) is 0 Å². The van der Waals surface area contributed by atoms with Gasteiger partial charge in [-0.1, -0.05) is 71.9 Å². The van der Waals surface area contributed by atoms with E-state index in [-0.39, 0.29) is 0 Å². The Hall–Kier alpha value is -2.88. The molecule has 0 N–H and O–H groups in total. The first-order valence-corrected chi connectivity index (χ1v) is 9.24. The number of hydrogen-bond acceptors (Lipinski definition) is 4. The van der Waals surface area contributed by atoms with Crippen molar-refractivity contribution in [2.24, 2.45) is 0 Å². The third-order valence-corrected chi connectivity index (χ3v) is 2.79. The van der Waals surface area contributed by atoms with Crippen LogP contribution in [0.3, 0.4) is 0 Å². The standard InChI is InChI=1S/2C8H6N2.3C2H6/c1-2-4-8-7(3-1)5-9-6-10-8;1-2-4-8-7(3-1)9-5-6-10-8;3*1-2/h2*1-6H;3*1-2H3. The highest BCUT2D eigenvalue weighted by molar-refractivity contribution is 5.76. The Bertz CT molecular complexity index is 629. The lowest BCUT2D eigenvalue weighted by Crippen LogP contribution is -1.78. The number of fused-ring (bicyclic) bond motifs is 2. The van der Waals surface area contributed by atoms with Crippen molar-refractivity contribution in [1.29, 1.82) is 0 Å². The van der Waals surface area contributed by atoms with Crippen molar-refractivity contribution in [2.75, 3.05) is 0 Å². The van der Waals surface area contributed by atoms with Gasteiger partial charge >= 0.3 is 0 Å². The molecule has 0 saturated heterocycles. The van der Waals surface area contributed by atoms with Gasteiger partial charge in [-0.15, -0.1) is 0 Å². The summed E-state index contributed by atoms with van der Waals surface area (Å²) in [6, 6.07) is 15.7. The predicted octanol–water partition coefficient (Wildman–Crippen LogP) is 6.34. The number of para-hydroxylation sites is 3. The predicted molar refractivity (Wildman–Crippen MR) is 113 cm³/mol. The molecule has 0 radical (unpaired) electrons. The van der Waals surface area contributed by atoms with E-state index in [1.165, 1.54) is 0 Å². The van der Waals surface area contributed by atoms with Crippen LogP contribution >= 0.6 is 0 Å². The lowest BCUT2D eigenvalue weighted by molar-refractivity contribution is 1.22. The third-order valence-electron chi connectivity index (χ3n) is 2.79. The highest BCUT2D eigenvalue weighted by Gasteiger charge is 1.88. The lowest BCUT2D eigenvalue weighted by Gasteiger charge is -1.90. The van der Waals surface area contributed by atoms with Crippen LogP contribution in [-0.4, -0.2) is 19.9 Å². The molecule has 0 bridgehead atoms. The first-order chi connectivity index (χ1) is 12.9. The molecule has 4 rings (SSSR count). The first-order valence-electron chi connectivity index (χ1n) is 9.24. The van der Waals surface area contributed by atoms with Crippen molar-refractivity contribution in [2.45, 2.75) is 41.5 Å². The number of nitrogens with zero attached hydrogens (tertiary/aromatic N) is 4. The van der Waals surface area contributed by atoms with E-state index in [2.05, 4.69) is 19.9 Å². The molecule has 0 aliphatic carbocycles. The van der Waals surface area contributed by atoms with Gasteiger partial charge in [-0.25, -0.2) is 9.97 Å². The van der Waals surface area contributed by atoms with Gasteiger partial charge in [0.15, 0.2) is 0 Å². The number of aromatic nitrogens is 4. The SMILES string of the molecule is CC.CC.CC.c1ccc2nccnc2c1.c1ccc2ncncc2c1. The van der Waals surface area contributed by atoms with E-state index >= 15 is 0 Å². The van der Waals surface area contributed by atoms with E-state index in [0.717, 1.165) is 21.9 Å². The van der Waals surface area contributed by atoms with Gasteiger partial charge < -0.3 is 0 Å². The summed E-state index contributed by atoms with van der Waals surface area (Å²) < 4.78 is 0. The second-order valence-electron chi connectivity index (χ2n) is 4.13. The van der Waals surface area contributed by atoms with Crippen molar-refractivity contribution >= 4 is 21.9 Å². The summed E-state index contributed by atoms with van der Waals surface area (Å²) in [5.74, 6) is 0. The molecule has 0 aliphatic rings. The Morgan fingerprint density at radius 2 is 1.00 bits per heavy atom. The van der Waals surface area contributed by atoms with Gasteiger partial charge in [0.05, 0.1) is 16.6 Å². The quantitative estimate of drug-likeness (QED) is 0.371. The average Bonchev–Trinajstić information content (AvgIpc) is 2.78. The normalized spacial score (nSPS) is 8.38. The molecule has 2 heterocycles. The van der Waals surface area contributed by atoms with E-state index in [9.17, 15) is 0 Å². The highest BCUT2D eigenvalue weighted by atomic mass is 14.8.